The zero-order chi connectivity index (χ0) is 34.2. The van der Waals surface area contributed by atoms with Gasteiger partial charge in [-0.2, -0.15) is 11.8 Å². The van der Waals surface area contributed by atoms with Gasteiger partial charge < -0.3 is 20.3 Å². The van der Waals surface area contributed by atoms with Gasteiger partial charge in [-0.25, -0.2) is 13.4 Å². The van der Waals surface area contributed by atoms with Crippen LogP contribution in [0.25, 0.3) is 0 Å². The Bertz CT molecular complexity index is 1470. The summed E-state index contributed by atoms with van der Waals surface area (Å²) >= 11 is 8.55. The van der Waals surface area contributed by atoms with Crippen molar-refractivity contribution in [2.24, 2.45) is 23.7 Å². The molecule has 3 aliphatic heterocycles. The minimum absolute atomic E-state index is 0.00931. The molecule has 9 atom stereocenters. The summed E-state index contributed by atoms with van der Waals surface area (Å²) in [5.74, 6) is 1.71. The van der Waals surface area contributed by atoms with Crippen molar-refractivity contribution in [2.45, 2.75) is 113 Å². The van der Waals surface area contributed by atoms with Gasteiger partial charge in [-0.3, -0.25) is 18.9 Å². The smallest absolute Gasteiger partial charge is 0.257 e. The summed E-state index contributed by atoms with van der Waals surface area (Å²) in [6, 6.07) is 0.444. The second-order valence-corrected chi connectivity index (χ2v) is 18.8. The van der Waals surface area contributed by atoms with E-state index in [-0.39, 0.29) is 46.2 Å². The molecular weight excluding hydrogens is 672 g/mol. The second kappa shape index (κ2) is 15.6. The number of piperidine rings is 2. The second-order valence-electron chi connectivity index (χ2n) is 15.2. The van der Waals surface area contributed by atoms with Crippen LogP contribution in [0, 0.1) is 30.6 Å². The van der Waals surface area contributed by atoms with Gasteiger partial charge in [0.15, 0.2) is 0 Å². The van der Waals surface area contributed by atoms with Crippen LogP contribution in [-0.2, 0) is 38.9 Å². The maximum absolute atomic E-state index is 13.9. The summed E-state index contributed by atoms with van der Waals surface area (Å²) < 4.78 is 34.3. The molecule has 48 heavy (non-hydrogen) atoms. The number of nitrogens with zero attached hydrogens (tertiary/aromatic N) is 3. The minimum Gasteiger partial charge on any atom is -0.376 e. The number of rotatable bonds is 10. The van der Waals surface area contributed by atoms with Crippen molar-refractivity contribution in [1.82, 2.24) is 29.8 Å². The van der Waals surface area contributed by atoms with Crippen molar-refractivity contribution in [3.05, 3.63) is 27.4 Å². The molecule has 1 saturated carbocycles. The Kier molecular flexibility index (Phi) is 11.9. The molecule has 0 bridgehead atoms. The molecule has 1 aromatic heterocycles. The van der Waals surface area contributed by atoms with E-state index >= 15 is 0 Å². The lowest BCUT2D eigenvalue weighted by atomic mass is 9.70. The first-order chi connectivity index (χ1) is 22.9. The fourth-order valence-electron chi connectivity index (χ4n) is 9.25. The Morgan fingerprint density at radius 1 is 1.17 bits per heavy atom. The number of likely N-dealkylation sites (N-methyl/N-ethyl adjacent to an activating group) is 1. The first-order valence-corrected chi connectivity index (χ1v) is 21.4. The van der Waals surface area contributed by atoms with Crippen LogP contribution in [-0.4, -0.2) is 109 Å². The summed E-state index contributed by atoms with van der Waals surface area (Å²) in [6.07, 6.45) is 9.64. The molecule has 4 fully saturated rings. The normalized spacial score (nSPS) is 34.5. The van der Waals surface area contributed by atoms with Gasteiger partial charge in [-0.05, 0) is 110 Å². The van der Waals surface area contributed by atoms with Gasteiger partial charge in [-0.1, -0.05) is 0 Å². The summed E-state index contributed by atoms with van der Waals surface area (Å²) in [4.78, 5) is 34.3. The number of sulfonamides is 1. The number of nitrogens with one attached hydrogen (secondary N) is 3. The van der Waals surface area contributed by atoms with E-state index in [0.717, 1.165) is 87.9 Å². The third-order valence-electron chi connectivity index (χ3n) is 11.7. The molecule has 1 aromatic rings. The van der Waals surface area contributed by atoms with Crippen LogP contribution >= 0.6 is 23.4 Å². The molecule has 1 amide bonds. The molecule has 6 rings (SSSR count). The number of halogens is 1. The van der Waals surface area contributed by atoms with E-state index in [1.165, 1.54) is 12.8 Å². The van der Waals surface area contributed by atoms with Crippen LogP contribution in [0.3, 0.4) is 0 Å². The van der Waals surface area contributed by atoms with E-state index in [1.54, 1.807) is 11.8 Å². The van der Waals surface area contributed by atoms with E-state index < -0.39 is 21.8 Å². The molecule has 11 nitrogen and oxygen atoms in total. The highest BCUT2D eigenvalue weighted by atomic mass is 35.5. The minimum atomic E-state index is -3.63. The molecule has 0 aromatic carbocycles. The Balaban J connectivity index is 1.11. The molecule has 3 saturated heterocycles. The highest BCUT2D eigenvalue weighted by molar-refractivity contribution is 8.00. The highest BCUT2D eigenvalue weighted by Crippen LogP contribution is 2.48. The number of hydrogen-bond acceptors (Lipinski definition) is 10. The van der Waals surface area contributed by atoms with E-state index in [9.17, 15) is 18.0 Å². The fourth-order valence-corrected chi connectivity index (χ4v) is 11.9. The van der Waals surface area contributed by atoms with Gasteiger partial charge >= 0.3 is 0 Å². The summed E-state index contributed by atoms with van der Waals surface area (Å²) in [5.41, 5.74) is 1.92. The lowest BCUT2D eigenvalue weighted by Gasteiger charge is -2.47. The van der Waals surface area contributed by atoms with Crippen LogP contribution in [0.4, 0.5) is 0 Å². The van der Waals surface area contributed by atoms with Gasteiger partial charge in [0.1, 0.15) is 5.82 Å². The quantitative estimate of drug-likeness (QED) is 0.309. The number of thioether (sulfide) groups is 1. The molecule has 0 radical (unpaired) electrons. The molecular formula is C34H55ClN6O5S2. The zero-order valence-corrected chi connectivity index (χ0v) is 31.3. The Hall–Kier alpha value is -1.22. The fraction of sp³-hybridized carbons (Fsp3) is 0.853. The van der Waals surface area contributed by atoms with Crippen LogP contribution in [0.5, 0.6) is 0 Å². The monoisotopic (exact) mass is 726 g/mol. The first-order valence-electron chi connectivity index (χ1n) is 18.0. The van der Waals surface area contributed by atoms with Crippen molar-refractivity contribution in [3.8, 4) is 0 Å². The molecule has 2 aliphatic carbocycles. The van der Waals surface area contributed by atoms with Crippen molar-refractivity contribution in [2.75, 3.05) is 45.3 Å². The van der Waals surface area contributed by atoms with Gasteiger partial charge in [-0.15, -0.1) is 11.6 Å². The number of alkyl halides is 1. The summed E-state index contributed by atoms with van der Waals surface area (Å²) in [6.45, 7) is 8.24. The Morgan fingerprint density at radius 2 is 1.94 bits per heavy atom. The number of aromatic nitrogens is 2. The highest BCUT2D eigenvalue weighted by Gasteiger charge is 2.52. The van der Waals surface area contributed by atoms with Gasteiger partial charge in [0.2, 0.25) is 15.9 Å². The van der Waals surface area contributed by atoms with Crippen LogP contribution < -0.4 is 20.9 Å². The van der Waals surface area contributed by atoms with Gasteiger partial charge in [0.05, 0.1) is 37.1 Å². The van der Waals surface area contributed by atoms with Crippen LogP contribution in [0.15, 0.2) is 4.79 Å². The van der Waals surface area contributed by atoms with Crippen LogP contribution in [0.1, 0.15) is 69.0 Å². The largest absolute Gasteiger partial charge is 0.376 e. The van der Waals surface area contributed by atoms with Crippen molar-refractivity contribution < 1.29 is 17.9 Å². The number of ether oxygens (including phenoxy) is 1. The molecule has 4 heterocycles. The number of fused-ring (bicyclic) bond motifs is 2. The summed E-state index contributed by atoms with van der Waals surface area (Å²) in [7, 11) is -1.41. The zero-order valence-electron chi connectivity index (χ0n) is 29.0. The topological polar surface area (TPSA) is 135 Å². The average molecular weight is 727 g/mol. The van der Waals surface area contributed by atoms with E-state index in [0.29, 0.717) is 30.9 Å². The predicted octanol–water partition coefficient (Wildman–Crippen LogP) is 2.31. The Morgan fingerprint density at radius 3 is 2.69 bits per heavy atom. The number of carbonyl (C=O) groups excluding carboxylic acids is 1. The summed E-state index contributed by atoms with van der Waals surface area (Å²) in [5, 5.41) is 7.33. The molecule has 270 valence electrons. The third kappa shape index (κ3) is 8.45. The predicted molar refractivity (Wildman–Crippen MR) is 191 cm³/mol. The van der Waals surface area contributed by atoms with Crippen LogP contribution in [0.2, 0.25) is 0 Å². The van der Waals surface area contributed by atoms with Crippen molar-refractivity contribution >= 4 is 39.3 Å². The number of amides is 1. The third-order valence-corrected chi connectivity index (χ3v) is 14.2. The molecule has 14 heteroatoms. The lowest BCUT2D eigenvalue weighted by Crippen LogP contribution is -2.58. The standard InChI is InChI=1S/C34H55ClN6O5S2/c1-20-15-26(32-31(37-20)28(19-47-32)33(42)39-48(4,44)45)25-16-23(35)5-8-30(25)46-14-13-41-21(2)38-29-7-6-24(17-27(29)34(41)43)40(3)18-22-9-11-36-12-10-22/h20,22-26,28,30-32,36-37H,5-19H2,1-4H3,(H,39,42)/t20?,23?,24-,25?,26?,28?,30?,31?,32?/m1/s1. The first kappa shape index (κ1) is 36.6. The lowest BCUT2D eigenvalue weighted by molar-refractivity contribution is -0.123. The van der Waals surface area contributed by atoms with E-state index in [2.05, 4.69) is 34.2 Å². The molecule has 8 unspecified atom stereocenters. The van der Waals surface area contributed by atoms with Crippen molar-refractivity contribution in [3.63, 3.8) is 0 Å². The number of aryl methyl sites for hydroxylation is 2. The molecule has 3 N–H and O–H groups in total. The van der Waals surface area contributed by atoms with Gasteiger partial charge in [0, 0.05) is 46.6 Å². The maximum atomic E-state index is 13.9. The van der Waals surface area contributed by atoms with Gasteiger partial charge in [0.25, 0.3) is 5.56 Å². The average Bonchev–Trinajstić information content (AvgIpc) is 3.46. The van der Waals surface area contributed by atoms with E-state index in [4.69, 9.17) is 21.3 Å². The van der Waals surface area contributed by atoms with E-state index in [1.807, 2.05) is 11.5 Å². The molecule has 0 spiro atoms. The number of hydrogen-bond donors (Lipinski definition) is 3. The number of carbonyl (C=O) groups is 1. The van der Waals surface area contributed by atoms with Crippen molar-refractivity contribution in [1.29, 1.82) is 0 Å². The SMILES string of the molecule is Cc1nc2c(c(=O)n1CCOC1CCC(Cl)CC1C1CC(C)NC3C(C(=O)NS(C)(=O)=O)CSC13)C[C@H](N(C)CC1CCNCC1)CC2. The molecule has 5 aliphatic rings. The Labute approximate surface area is 295 Å². The maximum Gasteiger partial charge on any atom is 0.257 e.